The van der Waals surface area contributed by atoms with E-state index in [1.807, 2.05) is 36.4 Å². The average molecular weight is 418 g/mol. The van der Waals surface area contributed by atoms with Crippen LogP contribution in [0.1, 0.15) is 17.5 Å². The van der Waals surface area contributed by atoms with Crippen LogP contribution in [0.5, 0.6) is 0 Å². The molecular formula is C22H28ClN3OS. The first kappa shape index (κ1) is 21.1. The summed E-state index contributed by atoms with van der Waals surface area (Å²) in [5.41, 5.74) is 2.32. The van der Waals surface area contributed by atoms with Gasteiger partial charge in [-0.15, -0.1) is 0 Å². The van der Waals surface area contributed by atoms with Crippen molar-refractivity contribution in [2.45, 2.75) is 19.5 Å². The van der Waals surface area contributed by atoms with E-state index in [0.717, 1.165) is 68.1 Å². The fraction of sp³-hybridized carbons (Fsp3) is 0.409. The number of rotatable bonds is 8. The lowest BCUT2D eigenvalue weighted by Crippen LogP contribution is -2.42. The number of hydrogen-bond donors (Lipinski definition) is 1. The standard InChI is InChI=1S/C22H28ClN3OS/c23-21-10-5-4-9-20(21)18-26(12-6-11-25-13-15-27-16-14-25)22(28)24-17-19-7-2-1-3-8-19/h1-5,7-10H,6,11-18H2,(H,24,28). The van der Waals surface area contributed by atoms with Crippen LogP contribution in [-0.4, -0.2) is 54.3 Å². The molecule has 0 unspecified atom stereocenters. The van der Waals surface area contributed by atoms with E-state index < -0.39 is 0 Å². The maximum Gasteiger partial charge on any atom is 0.169 e. The molecule has 0 bridgehead atoms. The number of thiocarbonyl (C=S) groups is 1. The number of benzene rings is 2. The molecule has 1 N–H and O–H groups in total. The zero-order chi connectivity index (χ0) is 19.6. The van der Waals surface area contributed by atoms with E-state index in [9.17, 15) is 0 Å². The Morgan fingerprint density at radius 2 is 1.79 bits per heavy atom. The Hall–Kier alpha value is -1.66. The first-order valence-corrected chi connectivity index (χ1v) is 10.6. The van der Waals surface area contributed by atoms with Crippen LogP contribution in [0.2, 0.25) is 5.02 Å². The molecule has 3 rings (SSSR count). The van der Waals surface area contributed by atoms with Crippen molar-refractivity contribution in [1.82, 2.24) is 15.1 Å². The van der Waals surface area contributed by atoms with E-state index in [-0.39, 0.29) is 0 Å². The molecule has 0 aliphatic carbocycles. The van der Waals surface area contributed by atoms with Gasteiger partial charge in [-0.3, -0.25) is 4.90 Å². The predicted molar refractivity (Wildman–Crippen MR) is 120 cm³/mol. The van der Waals surface area contributed by atoms with Gasteiger partial charge in [0.15, 0.2) is 5.11 Å². The van der Waals surface area contributed by atoms with Crippen molar-refractivity contribution < 1.29 is 4.74 Å². The number of morpholine rings is 1. The molecule has 28 heavy (non-hydrogen) atoms. The van der Waals surface area contributed by atoms with Gasteiger partial charge >= 0.3 is 0 Å². The second-order valence-corrected chi connectivity index (χ2v) is 7.76. The Labute approximate surface area is 178 Å². The predicted octanol–water partition coefficient (Wildman–Crippen LogP) is 3.94. The maximum absolute atomic E-state index is 6.39. The van der Waals surface area contributed by atoms with Crippen molar-refractivity contribution in [1.29, 1.82) is 0 Å². The number of nitrogens with zero attached hydrogens (tertiary/aromatic N) is 2. The third-order valence-corrected chi connectivity index (χ3v) is 5.67. The second-order valence-electron chi connectivity index (χ2n) is 6.96. The first-order chi connectivity index (χ1) is 13.7. The molecular weight excluding hydrogens is 390 g/mol. The number of ether oxygens (including phenoxy) is 1. The summed E-state index contributed by atoms with van der Waals surface area (Å²) in [7, 11) is 0. The summed E-state index contributed by atoms with van der Waals surface area (Å²) >= 11 is 12.1. The van der Waals surface area contributed by atoms with Gasteiger partial charge in [-0.25, -0.2) is 0 Å². The topological polar surface area (TPSA) is 27.7 Å². The molecule has 6 heteroatoms. The average Bonchev–Trinajstić information content (AvgIpc) is 2.74. The summed E-state index contributed by atoms with van der Waals surface area (Å²) in [5.74, 6) is 0. The fourth-order valence-electron chi connectivity index (χ4n) is 3.28. The van der Waals surface area contributed by atoms with Crippen LogP contribution < -0.4 is 5.32 Å². The van der Waals surface area contributed by atoms with E-state index in [1.165, 1.54) is 5.56 Å². The summed E-state index contributed by atoms with van der Waals surface area (Å²) < 4.78 is 5.43. The summed E-state index contributed by atoms with van der Waals surface area (Å²) in [4.78, 5) is 4.68. The van der Waals surface area contributed by atoms with Crippen LogP contribution in [-0.2, 0) is 17.8 Å². The highest BCUT2D eigenvalue weighted by Crippen LogP contribution is 2.17. The van der Waals surface area contributed by atoms with Crippen molar-refractivity contribution in [3.8, 4) is 0 Å². The Kier molecular flexibility index (Phi) is 8.55. The highest BCUT2D eigenvalue weighted by atomic mass is 35.5. The minimum Gasteiger partial charge on any atom is -0.379 e. The molecule has 0 saturated carbocycles. The van der Waals surface area contributed by atoms with Crippen molar-refractivity contribution in [3.63, 3.8) is 0 Å². The normalized spacial score (nSPS) is 14.6. The highest BCUT2D eigenvalue weighted by molar-refractivity contribution is 7.80. The van der Waals surface area contributed by atoms with E-state index in [1.54, 1.807) is 0 Å². The molecule has 1 aliphatic rings. The Morgan fingerprint density at radius 1 is 1.07 bits per heavy atom. The minimum atomic E-state index is 0.712. The quantitative estimate of drug-likeness (QED) is 0.657. The number of halogens is 1. The number of hydrogen-bond acceptors (Lipinski definition) is 3. The Morgan fingerprint density at radius 3 is 2.54 bits per heavy atom. The van der Waals surface area contributed by atoms with Gasteiger partial charge in [-0.05, 0) is 35.8 Å². The van der Waals surface area contributed by atoms with Crippen LogP contribution in [0.15, 0.2) is 54.6 Å². The van der Waals surface area contributed by atoms with Gasteiger partial charge in [0.25, 0.3) is 0 Å². The van der Waals surface area contributed by atoms with Crippen molar-refractivity contribution >= 4 is 28.9 Å². The van der Waals surface area contributed by atoms with Gasteiger partial charge in [-0.2, -0.15) is 0 Å². The smallest absolute Gasteiger partial charge is 0.169 e. The second kappa shape index (κ2) is 11.4. The minimum absolute atomic E-state index is 0.712. The van der Waals surface area contributed by atoms with E-state index in [4.69, 9.17) is 28.6 Å². The third-order valence-electron chi connectivity index (χ3n) is 4.90. The molecule has 1 saturated heterocycles. The number of nitrogens with one attached hydrogen (secondary N) is 1. The molecule has 0 atom stereocenters. The van der Waals surface area contributed by atoms with Crippen molar-refractivity contribution in [2.24, 2.45) is 0 Å². The monoisotopic (exact) mass is 417 g/mol. The Balaban J connectivity index is 1.57. The third kappa shape index (κ3) is 6.74. The molecule has 0 aromatic heterocycles. The zero-order valence-electron chi connectivity index (χ0n) is 16.1. The molecule has 1 heterocycles. The molecule has 4 nitrogen and oxygen atoms in total. The summed E-state index contributed by atoms with van der Waals surface area (Å²) in [6.45, 7) is 7.08. The molecule has 0 spiro atoms. The van der Waals surface area contributed by atoms with E-state index in [0.29, 0.717) is 6.54 Å². The lowest BCUT2D eigenvalue weighted by Gasteiger charge is -2.30. The van der Waals surface area contributed by atoms with Gasteiger partial charge in [-0.1, -0.05) is 60.1 Å². The Bertz CT molecular complexity index is 738. The van der Waals surface area contributed by atoms with Gasteiger partial charge < -0.3 is 15.0 Å². The van der Waals surface area contributed by atoms with Crippen LogP contribution in [0.4, 0.5) is 0 Å². The molecule has 0 radical (unpaired) electrons. The molecule has 1 fully saturated rings. The van der Waals surface area contributed by atoms with E-state index >= 15 is 0 Å². The molecule has 2 aromatic carbocycles. The lowest BCUT2D eigenvalue weighted by molar-refractivity contribution is 0.0367. The van der Waals surface area contributed by atoms with Gasteiger partial charge in [0, 0.05) is 44.3 Å². The van der Waals surface area contributed by atoms with Crippen molar-refractivity contribution in [3.05, 3.63) is 70.7 Å². The van der Waals surface area contributed by atoms with Crippen LogP contribution in [0, 0.1) is 0 Å². The largest absolute Gasteiger partial charge is 0.379 e. The van der Waals surface area contributed by atoms with Gasteiger partial charge in [0.1, 0.15) is 0 Å². The van der Waals surface area contributed by atoms with Crippen LogP contribution >= 0.6 is 23.8 Å². The fourth-order valence-corrected chi connectivity index (χ4v) is 3.70. The molecule has 2 aromatic rings. The summed E-state index contributed by atoms with van der Waals surface area (Å²) in [6, 6.07) is 18.3. The molecule has 1 aliphatic heterocycles. The summed E-state index contributed by atoms with van der Waals surface area (Å²) in [6.07, 6.45) is 1.05. The van der Waals surface area contributed by atoms with Gasteiger partial charge in [0.2, 0.25) is 0 Å². The van der Waals surface area contributed by atoms with Crippen LogP contribution in [0.25, 0.3) is 0 Å². The first-order valence-electron chi connectivity index (χ1n) is 9.82. The zero-order valence-corrected chi connectivity index (χ0v) is 17.7. The van der Waals surface area contributed by atoms with Crippen molar-refractivity contribution in [2.75, 3.05) is 39.4 Å². The van der Waals surface area contributed by atoms with E-state index in [2.05, 4.69) is 33.3 Å². The maximum atomic E-state index is 6.39. The summed E-state index contributed by atoms with van der Waals surface area (Å²) in [5, 5.41) is 4.96. The SMILES string of the molecule is S=C(NCc1ccccc1)N(CCCN1CCOCC1)Cc1ccccc1Cl. The van der Waals surface area contributed by atoms with Crippen LogP contribution in [0.3, 0.4) is 0 Å². The highest BCUT2D eigenvalue weighted by Gasteiger charge is 2.14. The van der Waals surface area contributed by atoms with Gasteiger partial charge in [0.05, 0.1) is 13.2 Å². The molecule has 0 amide bonds. The lowest BCUT2D eigenvalue weighted by atomic mass is 10.2. The molecule has 150 valence electrons.